The van der Waals surface area contributed by atoms with E-state index in [0.717, 1.165) is 22.6 Å². The van der Waals surface area contributed by atoms with Crippen LogP contribution in [0, 0.1) is 0 Å². The van der Waals surface area contributed by atoms with Gasteiger partial charge in [0.15, 0.2) is 5.89 Å². The Morgan fingerprint density at radius 2 is 1.85 bits per heavy atom. The molecule has 0 saturated carbocycles. The van der Waals surface area contributed by atoms with Crippen LogP contribution in [0.4, 0.5) is 0 Å². The molecule has 26 heavy (non-hydrogen) atoms. The van der Waals surface area contributed by atoms with Gasteiger partial charge in [0.1, 0.15) is 11.5 Å². The van der Waals surface area contributed by atoms with Crippen LogP contribution in [0.5, 0.6) is 0 Å². The molecule has 5 heteroatoms. The van der Waals surface area contributed by atoms with Gasteiger partial charge >= 0.3 is 0 Å². The summed E-state index contributed by atoms with van der Waals surface area (Å²) in [6, 6.07) is 17.2. The quantitative estimate of drug-likeness (QED) is 0.787. The predicted octanol–water partition coefficient (Wildman–Crippen LogP) is 2.96. The van der Waals surface area contributed by atoms with Gasteiger partial charge in [-0.2, -0.15) is 0 Å². The van der Waals surface area contributed by atoms with Gasteiger partial charge < -0.3 is 14.4 Å². The predicted molar refractivity (Wildman–Crippen MR) is 96.6 cm³/mol. The summed E-state index contributed by atoms with van der Waals surface area (Å²) in [5, 5.41) is 9.12. The van der Waals surface area contributed by atoms with Crippen molar-refractivity contribution in [3.05, 3.63) is 88.6 Å². The van der Waals surface area contributed by atoms with Gasteiger partial charge in [-0.05, 0) is 23.3 Å². The summed E-state index contributed by atoms with van der Waals surface area (Å²) < 4.78 is 5.90. The number of aliphatic hydroxyl groups excluding tert-OH is 1. The second kappa shape index (κ2) is 7.14. The Morgan fingerprint density at radius 1 is 1.08 bits per heavy atom. The van der Waals surface area contributed by atoms with Crippen molar-refractivity contribution in [1.82, 2.24) is 9.88 Å². The number of amides is 1. The van der Waals surface area contributed by atoms with E-state index in [1.54, 1.807) is 29.2 Å². The number of oxazole rings is 1. The van der Waals surface area contributed by atoms with Crippen molar-refractivity contribution < 1.29 is 14.3 Å². The lowest BCUT2D eigenvalue weighted by Gasteiger charge is -2.25. The van der Waals surface area contributed by atoms with Gasteiger partial charge in [-0.1, -0.05) is 42.5 Å². The smallest absolute Gasteiger partial charge is 0.254 e. The third-order valence-corrected chi connectivity index (χ3v) is 4.64. The van der Waals surface area contributed by atoms with Gasteiger partial charge in [0.2, 0.25) is 0 Å². The molecule has 5 nitrogen and oxygen atoms in total. The van der Waals surface area contributed by atoms with Crippen LogP contribution < -0.4 is 0 Å². The summed E-state index contributed by atoms with van der Waals surface area (Å²) in [5.74, 6) is 1.56. The molecule has 0 unspecified atom stereocenters. The van der Waals surface area contributed by atoms with Crippen molar-refractivity contribution in [3.63, 3.8) is 0 Å². The first-order valence-electron chi connectivity index (χ1n) is 8.73. The van der Waals surface area contributed by atoms with Crippen molar-refractivity contribution in [2.24, 2.45) is 0 Å². The first-order chi connectivity index (χ1) is 12.7. The van der Waals surface area contributed by atoms with E-state index in [4.69, 9.17) is 9.52 Å². The monoisotopic (exact) mass is 348 g/mol. The molecule has 0 fully saturated rings. The third kappa shape index (κ3) is 3.39. The Hall–Kier alpha value is -2.92. The van der Waals surface area contributed by atoms with E-state index in [9.17, 15) is 4.79 Å². The number of aliphatic hydroxyl groups is 1. The second-order valence-electron chi connectivity index (χ2n) is 6.47. The lowest BCUT2D eigenvalue weighted by molar-refractivity contribution is 0.0728. The van der Waals surface area contributed by atoms with Crippen LogP contribution in [0.25, 0.3) is 0 Å². The zero-order chi connectivity index (χ0) is 17.9. The number of nitrogens with zero attached hydrogens (tertiary/aromatic N) is 2. The van der Waals surface area contributed by atoms with Gasteiger partial charge in [-0.3, -0.25) is 4.79 Å². The summed E-state index contributed by atoms with van der Waals surface area (Å²) in [7, 11) is 0. The topological polar surface area (TPSA) is 66.6 Å². The average molecular weight is 348 g/mol. The minimum atomic E-state index is -0.0231. The highest BCUT2D eigenvalue weighted by Gasteiger charge is 2.26. The summed E-state index contributed by atoms with van der Waals surface area (Å²) in [6.07, 6.45) is 1.34. The second-order valence-corrected chi connectivity index (χ2v) is 6.47. The lowest BCUT2D eigenvalue weighted by Crippen LogP contribution is -2.35. The van der Waals surface area contributed by atoms with E-state index in [2.05, 4.69) is 17.1 Å². The van der Waals surface area contributed by atoms with Crippen LogP contribution in [0.15, 0.2) is 59.0 Å². The summed E-state index contributed by atoms with van der Waals surface area (Å²) in [5.41, 5.74) is 3.42. The highest BCUT2D eigenvalue weighted by Crippen LogP contribution is 2.23. The summed E-state index contributed by atoms with van der Waals surface area (Å²) >= 11 is 0. The van der Waals surface area contributed by atoms with E-state index in [-0.39, 0.29) is 12.5 Å². The fourth-order valence-electron chi connectivity index (χ4n) is 3.21. The van der Waals surface area contributed by atoms with Crippen molar-refractivity contribution in [1.29, 1.82) is 0 Å². The minimum Gasteiger partial charge on any atom is -0.445 e. The fourth-order valence-corrected chi connectivity index (χ4v) is 3.21. The molecule has 1 N–H and O–H groups in total. The Kier molecular flexibility index (Phi) is 4.54. The number of benzene rings is 2. The SMILES string of the molecule is O=C(c1ccc(CO)cc1)N1CCc2oc(Cc3ccccc3)nc2C1. The van der Waals surface area contributed by atoms with Crippen LogP contribution in [0.2, 0.25) is 0 Å². The molecule has 132 valence electrons. The van der Waals surface area contributed by atoms with E-state index >= 15 is 0 Å². The van der Waals surface area contributed by atoms with Crippen molar-refractivity contribution in [2.75, 3.05) is 6.54 Å². The molecule has 0 radical (unpaired) electrons. The van der Waals surface area contributed by atoms with Crippen molar-refractivity contribution in [3.8, 4) is 0 Å². The number of carbonyl (C=O) groups excluding carboxylic acids is 1. The highest BCUT2D eigenvalue weighted by molar-refractivity contribution is 5.94. The number of aromatic nitrogens is 1. The van der Waals surface area contributed by atoms with E-state index in [1.165, 1.54) is 0 Å². The van der Waals surface area contributed by atoms with Crippen LogP contribution in [-0.2, 0) is 26.0 Å². The Morgan fingerprint density at radius 3 is 2.58 bits per heavy atom. The standard InChI is InChI=1S/C21H20N2O3/c24-14-16-6-8-17(9-7-16)21(25)23-11-10-19-18(13-23)22-20(26-19)12-15-4-2-1-3-5-15/h1-9,24H,10-14H2. The maximum absolute atomic E-state index is 12.7. The lowest BCUT2D eigenvalue weighted by atomic mass is 10.1. The van der Waals surface area contributed by atoms with Gasteiger partial charge in [0.05, 0.1) is 13.2 Å². The molecule has 0 bridgehead atoms. The molecule has 4 rings (SSSR count). The van der Waals surface area contributed by atoms with Crippen molar-refractivity contribution >= 4 is 5.91 Å². The highest BCUT2D eigenvalue weighted by atomic mass is 16.4. The van der Waals surface area contributed by atoms with E-state index in [1.807, 2.05) is 18.2 Å². The molecule has 3 aromatic rings. The molecular formula is C21H20N2O3. The van der Waals surface area contributed by atoms with Gasteiger partial charge in [-0.15, -0.1) is 0 Å². The number of carbonyl (C=O) groups is 1. The van der Waals surface area contributed by atoms with E-state index < -0.39 is 0 Å². The van der Waals surface area contributed by atoms with Gasteiger partial charge in [0, 0.05) is 24.9 Å². The van der Waals surface area contributed by atoms with E-state index in [0.29, 0.717) is 37.4 Å². The number of fused-ring (bicyclic) bond motifs is 1. The minimum absolute atomic E-state index is 0.0206. The molecular weight excluding hydrogens is 328 g/mol. The third-order valence-electron chi connectivity index (χ3n) is 4.64. The molecule has 1 aliphatic heterocycles. The molecule has 0 saturated heterocycles. The molecule has 1 aliphatic rings. The van der Waals surface area contributed by atoms with Crippen LogP contribution in [0.3, 0.4) is 0 Å². The summed E-state index contributed by atoms with van der Waals surface area (Å²) in [4.78, 5) is 19.1. The Bertz CT molecular complexity index is 901. The maximum Gasteiger partial charge on any atom is 0.254 e. The number of hydrogen-bond acceptors (Lipinski definition) is 4. The number of rotatable bonds is 4. The fraction of sp³-hybridized carbons (Fsp3) is 0.238. The largest absolute Gasteiger partial charge is 0.445 e. The molecule has 0 aliphatic carbocycles. The molecule has 1 amide bonds. The molecule has 2 aromatic carbocycles. The first kappa shape index (κ1) is 16.5. The zero-order valence-corrected chi connectivity index (χ0v) is 14.4. The summed E-state index contributed by atoms with van der Waals surface area (Å²) in [6.45, 7) is 1.06. The normalized spacial score (nSPS) is 13.5. The van der Waals surface area contributed by atoms with Crippen molar-refractivity contribution in [2.45, 2.75) is 26.0 Å². The maximum atomic E-state index is 12.7. The van der Waals surface area contributed by atoms with Gasteiger partial charge in [-0.25, -0.2) is 4.98 Å². The van der Waals surface area contributed by atoms with Crippen LogP contribution in [-0.4, -0.2) is 27.4 Å². The molecule has 0 atom stereocenters. The average Bonchev–Trinajstić information content (AvgIpc) is 3.09. The Labute approximate surface area is 151 Å². The first-order valence-corrected chi connectivity index (χ1v) is 8.73. The zero-order valence-electron chi connectivity index (χ0n) is 14.4. The van der Waals surface area contributed by atoms with Crippen LogP contribution in [0.1, 0.15) is 38.8 Å². The van der Waals surface area contributed by atoms with Crippen LogP contribution >= 0.6 is 0 Å². The molecule has 2 heterocycles. The molecule has 1 aromatic heterocycles. The Balaban J connectivity index is 1.47. The number of hydrogen-bond donors (Lipinski definition) is 1. The molecule has 0 spiro atoms. The van der Waals surface area contributed by atoms with Gasteiger partial charge in [0.25, 0.3) is 5.91 Å².